The number of anilines is 1. The molecule has 1 heterocycles. The second-order valence-corrected chi connectivity index (χ2v) is 4.30. The smallest absolute Gasteiger partial charge is 0.256 e. The number of nitrogens with zero attached hydrogens (tertiary/aromatic N) is 1. The van der Waals surface area contributed by atoms with E-state index in [0.717, 1.165) is 0 Å². The number of piperazine rings is 1. The Morgan fingerprint density at radius 1 is 1.50 bits per heavy atom. The van der Waals surface area contributed by atoms with Crippen LogP contribution < -0.4 is 11.1 Å². The van der Waals surface area contributed by atoms with Gasteiger partial charge in [-0.25, -0.2) is 0 Å². The number of amides is 2. The maximum absolute atomic E-state index is 12.4. The van der Waals surface area contributed by atoms with Crippen molar-refractivity contribution in [2.75, 3.05) is 18.8 Å². The summed E-state index contributed by atoms with van der Waals surface area (Å²) in [5.74, 6) is -0.263. The molecule has 18 heavy (non-hydrogen) atoms. The first-order valence-corrected chi connectivity index (χ1v) is 6.08. The second kappa shape index (κ2) is 5.08. The number of rotatable bonds is 2. The lowest BCUT2D eigenvalue weighted by atomic mass is 10.1. The van der Waals surface area contributed by atoms with E-state index >= 15 is 0 Å². The Bertz CT molecular complexity index is 473. The molecule has 1 atom stereocenters. The average molecular weight is 247 g/mol. The van der Waals surface area contributed by atoms with Crippen molar-refractivity contribution < 1.29 is 9.59 Å². The van der Waals surface area contributed by atoms with Gasteiger partial charge in [-0.15, -0.1) is 0 Å². The van der Waals surface area contributed by atoms with Crippen LogP contribution in [0.4, 0.5) is 5.69 Å². The third-order valence-corrected chi connectivity index (χ3v) is 3.17. The zero-order chi connectivity index (χ0) is 13.1. The van der Waals surface area contributed by atoms with Gasteiger partial charge in [0.15, 0.2) is 0 Å². The SMILES string of the molecule is CCC1C(=O)NCCN1C(=O)c1ccccc1N. The van der Waals surface area contributed by atoms with Gasteiger partial charge in [0.25, 0.3) is 5.91 Å². The molecule has 0 radical (unpaired) electrons. The summed E-state index contributed by atoms with van der Waals surface area (Å²) in [5, 5.41) is 2.77. The molecule has 5 heteroatoms. The fourth-order valence-corrected chi connectivity index (χ4v) is 2.21. The molecule has 1 aromatic carbocycles. The molecule has 1 aromatic rings. The van der Waals surface area contributed by atoms with E-state index in [0.29, 0.717) is 30.8 Å². The van der Waals surface area contributed by atoms with Crippen molar-refractivity contribution in [3.8, 4) is 0 Å². The summed E-state index contributed by atoms with van der Waals surface area (Å²) in [6.45, 7) is 2.91. The van der Waals surface area contributed by atoms with Gasteiger partial charge in [0.1, 0.15) is 6.04 Å². The normalized spacial score (nSPS) is 19.5. The average Bonchev–Trinajstić information content (AvgIpc) is 2.38. The highest BCUT2D eigenvalue weighted by Gasteiger charge is 2.32. The topological polar surface area (TPSA) is 75.4 Å². The highest BCUT2D eigenvalue weighted by molar-refractivity contribution is 6.01. The first kappa shape index (κ1) is 12.4. The second-order valence-electron chi connectivity index (χ2n) is 4.30. The van der Waals surface area contributed by atoms with Crippen LogP contribution in [0.2, 0.25) is 0 Å². The number of benzene rings is 1. The molecule has 3 N–H and O–H groups in total. The minimum absolute atomic E-state index is 0.0911. The fraction of sp³-hybridized carbons (Fsp3) is 0.385. The lowest BCUT2D eigenvalue weighted by Gasteiger charge is -2.34. The van der Waals surface area contributed by atoms with Crippen LogP contribution in [0.1, 0.15) is 23.7 Å². The Hall–Kier alpha value is -2.04. The van der Waals surface area contributed by atoms with Crippen molar-refractivity contribution in [2.24, 2.45) is 0 Å². The van der Waals surface area contributed by atoms with Crippen LogP contribution in [0.3, 0.4) is 0 Å². The Morgan fingerprint density at radius 3 is 2.89 bits per heavy atom. The molecule has 1 unspecified atom stereocenters. The molecule has 2 amide bonds. The van der Waals surface area contributed by atoms with Crippen LogP contribution in [0.25, 0.3) is 0 Å². The molecule has 1 aliphatic heterocycles. The van der Waals surface area contributed by atoms with E-state index in [4.69, 9.17) is 5.73 Å². The molecule has 0 aliphatic carbocycles. The number of nitrogens with two attached hydrogens (primary N) is 1. The Labute approximate surface area is 106 Å². The fourth-order valence-electron chi connectivity index (χ4n) is 2.21. The molecule has 1 saturated heterocycles. The van der Waals surface area contributed by atoms with Gasteiger partial charge in [-0.1, -0.05) is 19.1 Å². The van der Waals surface area contributed by atoms with E-state index in [2.05, 4.69) is 5.32 Å². The molecule has 1 aliphatic rings. The van der Waals surface area contributed by atoms with E-state index in [9.17, 15) is 9.59 Å². The zero-order valence-corrected chi connectivity index (χ0v) is 10.3. The van der Waals surface area contributed by atoms with E-state index in [-0.39, 0.29) is 11.8 Å². The van der Waals surface area contributed by atoms with Crippen molar-refractivity contribution >= 4 is 17.5 Å². The lowest BCUT2D eigenvalue weighted by molar-refractivity contribution is -0.127. The molecule has 0 aromatic heterocycles. The lowest BCUT2D eigenvalue weighted by Crippen LogP contribution is -2.56. The van der Waals surface area contributed by atoms with Gasteiger partial charge in [0.05, 0.1) is 5.56 Å². The van der Waals surface area contributed by atoms with Gasteiger partial charge < -0.3 is 16.0 Å². The zero-order valence-electron chi connectivity index (χ0n) is 10.3. The number of carbonyl (C=O) groups is 2. The largest absolute Gasteiger partial charge is 0.398 e. The van der Waals surface area contributed by atoms with Crippen LogP contribution in [0.5, 0.6) is 0 Å². The number of hydrogen-bond donors (Lipinski definition) is 2. The van der Waals surface area contributed by atoms with E-state index in [1.165, 1.54) is 0 Å². The van der Waals surface area contributed by atoms with Gasteiger partial charge in [-0.3, -0.25) is 9.59 Å². The number of carbonyl (C=O) groups excluding carboxylic acids is 2. The van der Waals surface area contributed by atoms with Gasteiger partial charge in [0, 0.05) is 18.8 Å². The van der Waals surface area contributed by atoms with E-state index in [1.807, 2.05) is 6.92 Å². The van der Waals surface area contributed by atoms with Crippen LogP contribution in [0.15, 0.2) is 24.3 Å². The minimum Gasteiger partial charge on any atom is -0.398 e. The summed E-state index contributed by atoms with van der Waals surface area (Å²) < 4.78 is 0. The molecular formula is C13H17N3O2. The van der Waals surface area contributed by atoms with Gasteiger partial charge in [0.2, 0.25) is 5.91 Å². The first-order valence-electron chi connectivity index (χ1n) is 6.08. The highest BCUT2D eigenvalue weighted by atomic mass is 16.2. The molecule has 0 saturated carbocycles. The molecule has 5 nitrogen and oxygen atoms in total. The van der Waals surface area contributed by atoms with Crippen molar-refractivity contribution in [3.63, 3.8) is 0 Å². The minimum atomic E-state index is -0.397. The number of hydrogen-bond acceptors (Lipinski definition) is 3. The first-order chi connectivity index (χ1) is 8.65. The highest BCUT2D eigenvalue weighted by Crippen LogP contribution is 2.17. The third-order valence-electron chi connectivity index (χ3n) is 3.17. The van der Waals surface area contributed by atoms with Crippen molar-refractivity contribution in [1.29, 1.82) is 0 Å². The molecule has 0 spiro atoms. The van der Waals surface area contributed by atoms with Crippen LogP contribution in [0, 0.1) is 0 Å². The van der Waals surface area contributed by atoms with Crippen LogP contribution in [-0.2, 0) is 4.79 Å². The Balaban J connectivity index is 2.27. The molecular weight excluding hydrogens is 230 g/mol. The maximum Gasteiger partial charge on any atom is 0.256 e. The summed E-state index contributed by atoms with van der Waals surface area (Å²) in [7, 11) is 0. The summed E-state index contributed by atoms with van der Waals surface area (Å²) in [6, 6.07) is 6.54. The Morgan fingerprint density at radius 2 is 2.22 bits per heavy atom. The van der Waals surface area contributed by atoms with Crippen molar-refractivity contribution in [1.82, 2.24) is 10.2 Å². The predicted molar refractivity (Wildman–Crippen MR) is 69.0 cm³/mol. The van der Waals surface area contributed by atoms with E-state index < -0.39 is 6.04 Å². The van der Waals surface area contributed by atoms with Crippen LogP contribution in [-0.4, -0.2) is 35.8 Å². The molecule has 0 bridgehead atoms. The van der Waals surface area contributed by atoms with E-state index in [1.54, 1.807) is 29.2 Å². The summed E-state index contributed by atoms with van der Waals surface area (Å²) in [6.07, 6.45) is 0.601. The van der Waals surface area contributed by atoms with Gasteiger partial charge in [-0.2, -0.15) is 0 Å². The summed E-state index contributed by atoms with van der Waals surface area (Å²) >= 11 is 0. The van der Waals surface area contributed by atoms with Crippen molar-refractivity contribution in [2.45, 2.75) is 19.4 Å². The molecule has 2 rings (SSSR count). The van der Waals surface area contributed by atoms with Gasteiger partial charge in [-0.05, 0) is 18.6 Å². The van der Waals surface area contributed by atoms with Crippen molar-refractivity contribution in [3.05, 3.63) is 29.8 Å². The quantitative estimate of drug-likeness (QED) is 0.752. The number of nitrogen functional groups attached to an aromatic ring is 1. The Kier molecular flexibility index (Phi) is 3.50. The van der Waals surface area contributed by atoms with Crippen LogP contribution >= 0.6 is 0 Å². The standard InChI is InChI=1S/C13H17N3O2/c1-2-11-12(17)15-7-8-16(11)13(18)9-5-3-4-6-10(9)14/h3-6,11H,2,7-8,14H2,1H3,(H,15,17). The summed E-state index contributed by atoms with van der Waals surface area (Å²) in [5.41, 5.74) is 6.71. The number of nitrogens with one attached hydrogen (secondary N) is 1. The monoisotopic (exact) mass is 247 g/mol. The third kappa shape index (κ3) is 2.16. The number of para-hydroxylation sites is 1. The summed E-state index contributed by atoms with van der Waals surface area (Å²) in [4.78, 5) is 25.7. The van der Waals surface area contributed by atoms with Gasteiger partial charge >= 0.3 is 0 Å². The molecule has 96 valence electrons. The molecule has 1 fully saturated rings. The maximum atomic E-state index is 12.4. The predicted octanol–water partition coefficient (Wildman–Crippen LogP) is 0.619.